The van der Waals surface area contributed by atoms with Crippen LogP contribution in [0, 0.1) is 15.5 Å². The molecule has 0 aromatic heterocycles. The number of ether oxygens (including phenoxy) is 1. The van der Waals surface area contributed by atoms with Crippen LogP contribution in [0.2, 0.25) is 0 Å². The molecule has 0 spiro atoms. The lowest BCUT2D eigenvalue weighted by atomic mass is 9.89. The maximum atomic E-state index is 10.6. The van der Waals surface area contributed by atoms with Crippen LogP contribution in [-0.2, 0) is 11.3 Å². The normalized spacial score (nSPS) is 13.5. The minimum absolute atomic E-state index is 0.0268. The van der Waals surface area contributed by atoms with Crippen molar-refractivity contribution < 1.29 is 9.66 Å². The van der Waals surface area contributed by atoms with Crippen LogP contribution in [0.4, 0.5) is 5.69 Å². The Bertz CT molecular complexity index is 535. The van der Waals surface area contributed by atoms with Crippen LogP contribution in [0.5, 0.6) is 0 Å². The van der Waals surface area contributed by atoms with Gasteiger partial charge in [-0.25, -0.2) is 0 Å². The Kier molecular flexibility index (Phi) is 6.96. The average Bonchev–Trinajstić information content (AvgIpc) is 2.50. The van der Waals surface area contributed by atoms with E-state index < -0.39 is 4.92 Å². The predicted molar refractivity (Wildman–Crippen MR) is 91.5 cm³/mol. The van der Waals surface area contributed by atoms with E-state index in [1.165, 1.54) is 12.1 Å². The van der Waals surface area contributed by atoms with E-state index in [0.717, 1.165) is 5.56 Å². The number of guanidine groups is 1. The van der Waals surface area contributed by atoms with Crippen molar-refractivity contribution in [2.45, 2.75) is 33.4 Å². The summed E-state index contributed by atoms with van der Waals surface area (Å²) in [5, 5.41) is 17.0. The smallest absolute Gasteiger partial charge is 0.269 e. The maximum absolute atomic E-state index is 10.6. The fourth-order valence-corrected chi connectivity index (χ4v) is 2.07. The van der Waals surface area contributed by atoms with E-state index in [0.29, 0.717) is 19.0 Å². The monoisotopic (exact) mass is 322 g/mol. The summed E-state index contributed by atoms with van der Waals surface area (Å²) in [6.45, 7) is 7.53. The first-order valence-electron chi connectivity index (χ1n) is 7.48. The van der Waals surface area contributed by atoms with Crippen molar-refractivity contribution >= 4 is 11.6 Å². The van der Waals surface area contributed by atoms with Crippen molar-refractivity contribution in [2.24, 2.45) is 10.4 Å². The van der Waals surface area contributed by atoms with E-state index in [-0.39, 0.29) is 17.2 Å². The number of methoxy groups -OCH3 is 1. The molecule has 1 atom stereocenters. The standard InChI is InChI=1S/C16H26N4O3/c1-16(2,3)14(23-5)11-19-15(17-4)18-10-12-6-8-13(9-7-12)20(21)22/h6-9,14H,10-11H2,1-5H3,(H2,17,18,19). The minimum Gasteiger partial charge on any atom is -0.379 e. The fraction of sp³-hybridized carbons (Fsp3) is 0.562. The van der Waals surface area contributed by atoms with Gasteiger partial charge in [-0.3, -0.25) is 15.1 Å². The molecule has 0 saturated carbocycles. The second-order valence-corrected chi connectivity index (χ2v) is 6.32. The second-order valence-electron chi connectivity index (χ2n) is 6.32. The van der Waals surface area contributed by atoms with Crippen molar-refractivity contribution in [3.8, 4) is 0 Å². The van der Waals surface area contributed by atoms with E-state index in [4.69, 9.17) is 4.74 Å². The Labute approximate surface area is 137 Å². The van der Waals surface area contributed by atoms with Crippen LogP contribution in [-0.4, -0.2) is 37.7 Å². The van der Waals surface area contributed by atoms with Gasteiger partial charge in [-0.1, -0.05) is 32.9 Å². The highest BCUT2D eigenvalue weighted by atomic mass is 16.6. The molecule has 1 aromatic rings. The molecule has 1 aromatic carbocycles. The Morgan fingerprint density at radius 2 is 1.91 bits per heavy atom. The molecular weight excluding hydrogens is 296 g/mol. The Morgan fingerprint density at radius 3 is 2.35 bits per heavy atom. The lowest BCUT2D eigenvalue weighted by Gasteiger charge is -2.30. The maximum Gasteiger partial charge on any atom is 0.269 e. The van der Waals surface area contributed by atoms with Gasteiger partial charge in [0.25, 0.3) is 5.69 Å². The van der Waals surface area contributed by atoms with Gasteiger partial charge in [-0.15, -0.1) is 0 Å². The molecule has 0 saturated heterocycles. The molecule has 0 amide bonds. The van der Waals surface area contributed by atoms with Gasteiger partial charge < -0.3 is 15.4 Å². The topological polar surface area (TPSA) is 88.8 Å². The number of hydrogen-bond acceptors (Lipinski definition) is 4. The van der Waals surface area contributed by atoms with Crippen LogP contribution in [0.25, 0.3) is 0 Å². The minimum atomic E-state index is -0.408. The van der Waals surface area contributed by atoms with E-state index in [9.17, 15) is 10.1 Å². The Morgan fingerprint density at radius 1 is 1.30 bits per heavy atom. The van der Waals surface area contributed by atoms with Crippen LogP contribution in [0.1, 0.15) is 26.3 Å². The number of nitrogens with zero attached hydrogens (tertiary/aromatic N) is 2. The molecule has 0 heterocycles. The van der Waals surface area contributed by atoms with Gasteiger partial charge in [0.2, 0.25) is 0 Å². The number of nitro groups is 1. The zero-order valence-corrected chi connectivity index (χ0v) is 14.4. The van der Waals surface area contributed by atoms with Gasteiger partial charge in [0, 0.05) is 39.4 Å². The van der Waals surface area contributed by atoms with Crippen LogP contribution < -0.4 is 10.6 Å². The summed E-state index contributed by atoms with van der Waals surface area (Å²) in [6.07, 6.45) is 0.0559. The number of benzene rings is 1. The first kappa shape index (κ1) is 18.9. The third kappa shape index (κ3) is 6.23. The summed E-state index contributed by atoms with van der Waals surface area (Å²) in [5.41, 5.74) is 1.06. The Hall–Kier alpha value is -2.15. The summed E-state index contributed by atoms with van der Waals surface area (Å²) in [6, 6.07) is 6.44. The molecule has 0 radical (unpaired) electrons. The van der Waals surface area contributed by atoms with E-state index >= 15 is 0 Å². The summed E-state index contributed by atoms with van der Waals surface area (Å²) < 4.78 is 5.50. The van der Waals surface area contributed by atoms with Crippen LogP contribution >= 0.6 is 0 Å². The largest absolute Gasteiger partial charge is 0.379 e. The highest BCUT2D eigenvalue weighted by molar-refractivity contribution is 5.79. The van der Waals surface area contributed by atoms with Gasteiger partial charge in [0.05, 0.1) is 11.0 Å². The molecule has 23 heavy (non-hydrogen) atoms. The predicted octanol–water partition coefficient (Wildman–Crippen LogP) is 2.32. The summed E-state index contributed by atoms with van der Waals surface area (Å²) in [7, 11) is 3.40. The molecular formula is C16H26N4O3. The molecule has 128 valence electrons. The van der Waals surface area contributed by atoms with Crippen LogP contribution in [0.3, 0.4) is 0 Å². The van der Waals surface area contributed by atoms with Gasteiger partial charge in [-0.2, -0.15) is 0 Å². The third-order valence-electron chi connectivity index (χ3n) is 3.54. The van der Waals surface area contributed by atoms with E-state index in [2.05, 4.69) is 36.4 Å². The molecule has 0 aliphatic rings. The quantitative estimate of drug-likeness (QED) is 0.363. The van der Waals surface area contributed by atoms with E-state index in [1.54, 1.807) is 26.3 Å². The SMILES string of the molecule is CN=C(NCc1ccc([N+](=O)[O-])cc1)NCC(OC)C(C)(C)C. The molecule has 7 nitrogen and oxygen atoms in total. The van der Waals surface area contributed by atoms with Gasteiger partial charge in [-0.05, 0) is 11.0 Å². The lowest BCUT2D eigenvalue weighted by molar-refractivity contribution is -0.384. The number of non-ortho nitro benzene ring substituents is 1. The third-order valence-corrected chi connectivity index (χ3v) is 3.54. The van der Waals surface area contributed by atoms with E-state index in [1.807, 2.05) is 0 Å². The summed E-state index contributed by atoms with van der Waals surface area (Å²) in [5.74, 6) is 0.662. The first-order chi connectivity index (χ1) is 10.8. The molecule has 0 bridgehead atoms. The fourth-order valence-electron chi connectivity index (χ4n) is 2.07. The molecule has 1 rings (SSSR count). The van der Waals surface area contributed by atoms with Crippen molar-refractivity contribution in [2.75, 3.05) is 20.7 Å². The van der Waals surface area contributed by atoms with Crippen LogP contribution in [0.15, 0.2) is 29.3 Å². The molecule has 2 N–H and O–H groups in total. The van der Waals surface area contributed by atoms with Crippen molar-refractivity contribution in [3.63, 3.8) is 0 Å². The first-order valence-corrected chi connectivity index (χ1v) is 7.48. The summed E-state index contributed by atoms with van der Waals surface area (Å²) in [4.78, 5) is 14.4. The molecule has 7 heteroatoms. The number of nitrogens with one attached hydrogen (secondary N) is 2. The number of aliphatic imine (C=N–C) groups is 1. The summed E-state index contributed by atoms with van der Waals surface area (Å²) >= 11 is 0. The molecule has 0 fully saturated rings. The molecule has 1 unspecified atom stereocenters. The molecule has 0 aliphatic heterocycles. The number of hydrogen-bond donors (Lipinski definition) is 2. The van der Waals surface area contributed by atoms with Gasteiger partial charge >= 0.3 is 0 Å². The number of rotatable bonds is 6. The van der Waals surface area contributed by atoms with Gasteiger partial charge in [0.1, 0.15) is 0 Å². The highest BCUT2D eigenvalue weighted by Gasteiger charge is 2.24. The van der Waals surface area contributed by atoms with Crippen molar-refractivity contribution in [1.29, 1.82) is 0 Å². The highest BCUT2D eigenvalue weighted by Crippen LogP contribution is 2.20. The number of nitro benzene ring substituents is 1. The lowest BCUT2D eigenvalue weighted by Crippen LogP contribution is -2.45. The second kappa shape index (κ2) is 8.47. The average molecular weight is 322 g/mol. The molecule has 0 aliphatic carbocycles. The van der Waals surface area contributed by atoms with Gasteiger partial charge in [0.15, 0.2) is 5.96 Å². The van der Waals surface area contributed by atoms with Crippen molar-refractivity contribution in [1.82, 2.24) is 10.6 Å². The Balaban J connectivity index is 2.52. The van der Waals surface area contributed by atoms with Crippen molar-refractivity contribution in [3.05, 3.63) is 39.9 Å². The zero-order valence-electron chi connectivity index (χ0n) is 14.4. The zero-order chi connectivity index (χ0) is 17.5.